The fraction of sp³-hybridized carbons (Fsp3) is 0.391. The van der Waals surface area contributed by atoms with E-state index in [4.69, 9.17) is 16.3 Å². The summed E-state index contributed by atoms with van der Waals surface area (Å²) < 4.78 is 34.0. The average molecular weight is 465 g/mol. The number of aryl methyl sites for hydroxylation is 1. The van der Waals surface area contributed by atoms with Crippen molar-refractivity contribution in [2.24, 2.45) is 7.05 Å². The third-order valence-corrected chi connectivity index (χ3v) is 5.01. The summed E-state index contributed by atoms with van der Waals surface area (Å²) in [7, 11) is 1.57. The first kappa shape index (κ1) is 23.8. The molecule has 0 amide bonds. The van der Waals surface area contributed by atoms with E-state index in [9.17, 15) is 13.6 Å². The number of alkyl halides is 2. The minimum Gasteiger partial charge on any atom is -0.480 e. The number of rotatable bonds is 2. The molecule has 0 atom stereocenters. The Morgan fingerprint density at radius 3 is 2.59 bits per heavy atom. The lowest BCUT2D eigenvalue weighted by atomic mass is 10.1. The van der Waals surface area contributed by atoms with Gasteiger partial charge in [0.2, 0.25) is 5.75 Å². The Labute approximate surface area is 190 Å². The first-order chi connectivity index (χ1) is 15.4. The molecule has 1 aliphatic carbocycles. The van der Waals surface area contributed by atoms with E-state index in [1.54, 1.807) is 37.5 Å². The topological polar surface area (TPSA) is 68.2 Å². The molecule has 1 fully saturated rings. The molecule has 32 heavy (non-hydrogen) atoms. The smallest absolute Gasteiger partial charge is 0.298 e. The van der Waals surface area contributed by atoms with E-state index >= 15 is 0 Å². The van der Waals surface area contributed by atoms with Crippen LogP contribution in [0.4, 0.5) is 25.8 Å². The number of nitrogens with one attached hydrogen (secondary N) is 2. The SMILES string of the molecule is C1CC1.CC.Cn1c(=O)c2c(c3cc(Nc4ccncc4Cl)ccc31)NCC(F)(F)CO2. The molecule has 9 heteroatoms. The van der Waals surface area contributed by atoms with E-state index in [0.29, 0.717) is 27.3 Å². The van der Waals surface area contributed by atoms with Gasteiger partial charge in [-0.05, 0) is 24.3 Å². The van der Waals surface area contributed by atoms with Crippen LogP contribution in [0.3, 0.4) is 0 Å². The molecule has 172 valence electrons. The van der Waals surface area contributed by atoms with Gasteiger partial charge in [0.05, 0.1) is 28.5 Å². The molecule has 3 aromatic rings. The van der Waals surface area contributed by atoms with Crippen LogP contribution in [0.25, 0.3) is 10.9 Å². The Balaban J connectivity index is 0.000000522. The van der Waals surface area contributed by atoms with Crippen LogP contribution in [0.2, 0.25) is 5.02 Å². The summed E-state index contributed by atoms with van der Waals surface area (Å²) in [4.78, 5) is 16.5. The number of benzene rings is 1. The minimum atomic E-state index is -3.07. The highest BCUT2D eigenvalue weighted by Gasteiger charge is 2.35. The third-order valence-electron chi connectivity index (χ3n) is 4.71. The van der Waals surface area contributed by atoms with E-state index in [2.05, 4.69) is 15.6 Å². The lowest BCUT2D eigenvalue weighted by Gasteiger charge is -2.15. The van der Waals surface area contributed by atoms with E-state index < -0.39 is 24.6 Å². The average Bonchev–Trinajstić information content (AvgIpc) is 3.67. The van der Waals surface area contributed by atoms with Gasteiger partial charge in [-0.15, -0.1) is 0 Å². The maximum atomic E-state index is 13.7. The fourth-order valence-electron chi connectivity index (χ4n) is 2.99. The van der Waals surface area contributed by atoms with Crippen molar-refractivity contribution in [3.05, 3.63) is 52.0 Å². The van der Waals surface area contributed by atoms with Crippen molar-refractivity contribution in [1.82, 2.24) is 9.55 Å². The van der Waals surface area contributed by atoms with Gasteiger partial charge in [-0.1, -0.05) is 44.7 Å². The molecule has 0 radical (unpaired) electrons. The van der Waals surface area contributed by atoms with Crippen LogP contribution in [0.5, 0.6) is 5.75 Å². The number of halogens is 3. The zero-order valence-corrected chi connectivity index (χ0v) is 19.1. The Morgan fingerprint density at radius 1 is 1.22 bits per heavy atom. The second-order valence-corrected chi connectivity index (χ2v) is 7.75. The Kier molecular flexibility index (Phi) is 7.56. The molecule has 0 spiro atoms. The number of anilines is 3. The molecule has 0 bridgehead atoms. The molecule has 2 N–H and O–H groups in total. The van der Waals surface area contributed by atoms with Gasteiger partial charge in [0, 0.05) is 30.5 Å². The third kappa shape index (κ3) is 5.48. The van der Waals surface area contributed by atoms with Crippen molar-refractivity contribution in [2.45, 2.75) is 39.0 Å². The summed E-state index contributed by atoms with van der Waals surface area (Å²) in [6.45, 7) is 2.54. The number of hydrogen-bond acceptors (Lipinski definition) is 5. The molecular formula is C23H27ClF2N4O2. The number of ether oxygens (including phenoxy) is 1. The molecule has 6 nitrogen and oxygen atoms in total. The molecule has 0 saturated heterocycles. The van der Waals surface area contributed by atoms with Gasteiger partial charge in [0.25, 0.3) is 11.5 Å². The second kappa shape index (κ2) is 10.2. The maximum absolute atomic E-state index is 13.7. The molecule has 1 saturated carbocycles. The number of aromatic nitrogens is 2. The van der Waals surface area contributed by atoms with Crippen LogP contribution in [0, 0.1) is 0 Å². The standard InChI is InChI=1S/C18H15ClF2N4O2.C3H6.C2H6/c1-25-14-3-2-10(24-13-4-5-22-7-12(13)19)6-11(14)15-16(17(25)26)27-9-18(20,21)8-23-15;1-2-3-1;1-2/h2-7,23H,8-9H2,1H3,(H,22,24);1-3H2;1-2H3. The van der Waals surface area contributed by atoms with Crippen molar-refractivity contribution in [1.29, 1.82) is 0 Å². The number of hydrogen-bond donors (Lipinski definition) is 2. The van der Waals surface area contributed by atoms with Gasteiger partial charge >= 0.3 is 0 Å². The fourth-order valence-corrected chi connectivity index (χ4v) is 3.15. The van der Waals surface area contributed by atoms with Crippen molar-refractivity contribution >= 4 is 39.6 Å². The lowest BCUT2D eigenvalue weighted by Crippen LogP contribution is -2.31. The predicted octanol–water partition coefficient (Wildman–Crippen LogP) is 5.97. The molecule has 1 aromatic carbocycles. The Morgan fingerprint density at radius 2 is 1.94 bits per heavy atom. The van der Waals surface area contributed by atoms with E-state index in [1.165, 1.54) is 30.0 Å². The van der Waals surface area contributed by atoms with E-state index in [1.807, 2.05) is 13.8 Å². The summed E-state index contributed by atoms with van der Waals surface area (Å²) in [5.74, 6) is -3.18. The number of pyridine rings is 2. The highest BCUT2D eigenvalue weighted by atomic mass is 35.5. The zero-order chi connectivity index (χ0) is 23.3. The molecule has 2 aliphatic rings. The summed E-state index contributed by atoms with van der Waals surface area (Å²) in [5.41, 5.74) is 1.70. The lowest BCUT2D eigenvalue weighted by molar-refractivity contribution is -0.0251. The summed E-state index contributed by atoms with van der Waals surface area (Å²) in [6.07, 6.45) is 7.61. The number of fused-ring (bicyclic) bond motifs is 3. The molecular weight excluding hydrogens is 438 g/mol. The molecule has 3 heterocycles. The van der Waals surface area contributed by atoms with Crippen molar-refractivity contribution in [2.75, 3.05) is 23.8 Å². The van der Waals surface area contributed by atoms with Crippen LogP contribution in [-0.4, -0.2) is 28.6 Å². The van der Waals surface area contributed by atoms with Crippen LogP contribution in [0.15, 0.2) is 41.5 Å². The Hall–Kier alpha value is -2.87. The van der Waals surface area contributed by atoms with Gasteiger partial charge in [-0.3, -0.25) is 9.78 Å². The highest BCUT2D eigenvalue weighted by molar-refractivity contribution is 6.33. The van der Waals surface area contributed by atoms with Crippen LogP contribution in [0.1, 0.15) is 33.1 Å². The van der Waals surface area contributed by atoms with Crippen LogP contribution in [-0.2, 0) is 7.05 Å². The monoisotopic (exact) mass is 464 g/mol. The minimum absolute atomic E-state index is 0.110. The summed E-state index contributed by atoms with van der Waals surface area (Å²) in [5, 5.41) is 6.86. The molecule has 2 aromatic heterocycles. The number of nitrogens with zero attached hydrogens (tertiary/aromatic N) is 2. The quantitative estimate of drug-likeness (QED) is 0.489. The van der Waals surface area contributed by atoms with E-state index in [-0.39, 0.29) is 11.4 Å². The highest BCUT2D eigenvalue weighted by Crippen LogP contribution is 2.36. The summed E-state index contributed by atoms with van der Waals surface area (Å²) >= 11 is 6.12. The van der Waals surface area contributed by atoms with Gasteiger partial charge < -0.3 is 19.9 Å². The molecule has 0 unspecified atom stereocenters. The van der Waals surface area contributed by atoms with Gasteiger partial charge in [0.1, 0.15) is 0 Å². The first-order valence-electron chi connectivity index (χ1n) is 10.6. The van der Waals surface area contributed by atoms with Crippen LogP contribution >= 0.6 is 11.6 Å². The van der Waals surface area contributed by atoms with E-state index in [0.717, 1.165) is 0 Å². The normalized spacial score (nSPS) is 15.4. The molecule has 5 rings (SSSR count). The van der Waals surface area contributed by atoms with Crippen molar-refractivity contribution in [3.8, 4) is 5.75 Å². The second-order valence-electron chi connectivity index (χ2n) is 7.34. The predicted molar refractivity (Wildman–Crippen MR) is 126 cm³/mol. The zero-order valence-electron chi connectivity index (χ0n) is 18.3. The van der Waals surface area contributed by atoms with Gasteiger partial charge in [-0.25, -0.2) is 8.78 Å². The summed E-state index contributed by atoms with van der Waals surface area (Å²) in [6, 6.07) is 6.98. The maximum Gasteiger partial charge on any atom is 0.298 e. The van der Waals surface area contributed by atoms with Gasteiger partial charge in [0.15, 0.2) is 6.61 Å². The van der Waals surface area contributed by atoms with Crippen molar-refractivity contribution in [3.63, 3.8) is 0 Å². The largest absolute Gasteiger partial charge is 0.480 e. The molecule has 1 aliphatic heterocycles. The first-order valence-corrected chi connectivity index (χ1v) is 11.0. The van der Waals surface area contributed by atoms with Crippen molar-refractivity contribution < 1.29 is 13.5 Å². The van der Waals surface area contributed by atoms with Crippen LogP contribution < -0.4 is 20.9 Å². The van der Waals surface area contributed by atoms with Gasteiger partial charge in [-0.2, -0.15) is 0 Å². The Bertz CT molecular complexity index is 1150.